The lowest BCUT2D eigenvalue weighted by molar-refractivity contribution is -0.142. The summed E-state index contributed by atoms with van der Waals surface area (Å²) < 4.78 is 11.4. The fourth-order valence-corrected chi connectivity index (χ4v) is 4.15. The van der Waals surface area contributed by atoms with Crippen molar-refractivity contribution in [3.8, 4) is 0 Å². The molecule has 0 bridgehead atoms. The van der Waals surface area contributed by atoms with E-state index in [2.05, 4.69) is 10.3 Å². The first-order chi connectivity index (χ1) is 13.0. The molecule has 142 valence electrons. The minimum absolute atomic E-state index is 0.102. The summed E-state index contributed by atoms with van der Waals surface area (Å²) in [5.41, 5.74) is 1.47. The lowest BCUT2D eigenvalue weighted by atomic mass is 10.2. The van der Waals surface area contributed by atoms with Crippen LogP contribution >= 0.6 is 23.1 Å². The third-order valence-corrected chi connectivity index (χ3v) is 5.81. The maximum Gasteiger partial charge on any atom is 0.311 e. The highest BCUT2D eigenvalue weighted by atomic mass is 32.2. The van der Waals surface area contributed by atoms with Crippen LogP contribution in [-0.4, -0.2) is 29.2 Å². The van der Waals surface area contributed by atoms with Crippen molar-refractivity contribution in [3.63, 3.8) is 0 Å². The molecule has 1 amide bonds. The molecule has 3 aromatic rings. The number of thioether (sulfide) groups is 1. The number of esters is 1. The molecule has 0 spiro atoms. The Kier molecular flexibility index (Phi) is 6.52. The van der Waals surface area contributed by atoms with Crippen molar-refractivity contribution < 1.29 is 18.7 Å². The van der Waals surface area contributed by atoms with Crippen LogP contribution in [0.4, 0.5) is 0 Å². The molecule has 2 aromatic heterocycles. The van der Waals surface area contributed by atoms with Crippen LogP contribution in [0.25, 0.3) is 11.0 Å². The second kappa shape index (κ2) is 9.05. The molecule has 2 heterocycles. The third kappa shape index (κ3) is 5.33. The number of aromatic nitrogens is 1. The van der Waals surface area contributed by atoms with E-state index >= 15 is 0 Å². The minimum Gasteiger partial charge on any atom is -0.466 e. The van der Waals surface area contributed by atoms with E-state index in [1.54, 1.807) is 6.92 Å². The lowest BCUT2D eigenvalue weighted by Gasteiger charge is -2.10. The monoisotopic (exact) mass is 404 g/mol. The Morgan fingerprint density at radius 3 is 2.96 bits per heavy atom. The number of nitrogens with zero attached hydrogens (tertiary/aromatic N) is 1. The largest absolute Gasteiger partial charge is 0.466 e. The highest BCUT2D eigenvalue weighted by molar-refractivity contribution is 8.01. The van der Waals surface area contributed by atoms with Gasteiger partial charge in [0.05, 0.1) is 30.5 Å². The summed E-state index contributed by atoms with van der Waals surface area (Å²) in [6.07, 6.45) is 0.153. The second-order valence-electron chi connectivity index (χ2n) is 5.85. The number of benzene rings is 1. The molecule has 0 aliphatic heterocycles. The summed E-state index contributed by atoms with van der Waals surface area (Å²) in [5, 5.41) is 5.76. The normalized spacial score (nSPS) is 12.1. The van der Waals surface area contributed by atoms with E-state index in [1.165, 1.54) is 23.1 Å². The van der Waals surface area contributed by atoms with Gasteiger partial charge in [-0.15, -0.1) is 11.3 Å². The molecule has 0 aliphatic rings. The number of thiazole rings is 1. The summed E-state index contributed by atoms with van der Waals surface area (Å²) in [6.45, 7) is 4.01. The Balaban J connectivity index is 1.49. The number of para-hydroxylation sites is 1. The van der Waals surface area contributed by atoms with E-state index < -0.39 is 0 Å². The summed E-state index contributed by atoms with van der Waals surface area (Å²) in [6, 6.07) is 9.46. The zero-order chi connectivity index (χ0) is 19.2. The van der Waals surface area contributed by atoms with Crippen LogP contribution in [0.1, 0.15) is 31.3 Å². The van der Waals surface area contributed by atoms with Gasteiger partial charge in [0, 0.05) is 10.8 Å². The number of carbonyl (C=O) groups is 2. The predicted molar refractivity (Wildman–Crippen MR) is 106 cm³/mol. The molecular formula is C19H20N2O4S2. The van der Waals surface area contributed by atoms with Crippen LogP contribution in [-0.2, 0) is 20.7 Å². The summed E-state index contributed by atoms with van der Waals surface area (Å²) in [4.78, 5) is 28.0. The Bertz CT molecular complexity index is 902. The summed E-state index contributed by atoms with van der Waals surface area (Å²) in [7, 11) is 0. The molecule has 1 atom stereocenters. The number of furan rings is 1. The molecule has 0 fully saturated rings. The Morgan fingerprint density at radius 1 is 1.37 bits per heavy atom. The van der Waals surface area contributed by atoms with Crippen molar-refractivity contribution in [1.82, 2.24) is 10.3 Å². The summed E-state index contributed by atoms with van der Waals surface area (Å²) in [5.74, 6) is 0.573. The van der Waals surface area contributed by atoms with Crippen molar-refractivity contribution in [3.05, 3.63) is 47.2 Å². The van der Waals surface area contributed by atoms with Gasteiger partial charge < -0.3 is 14.5 Å². The van der Waals surface area contributed by atoms with Crippen LogP contribution in [0.15, 0.2) is 44.5 Å². The molecule has 1 N–H and O–H groups in total. The van der Waals surface area contributed by atoms with Gasteiger partial charge in [0.1, 0.15) is 11.3 Å². The SMILES string of the molecule is CCOC(=O)Cc1csc(SCC(=O)N[C@H](C)c2cc3ccccc3o2)n1. The standard InChI is InChI=1S/C19H20N2O4S2/c1-3-24-18(23)9-14-10-26-19(21-14)27-11-17(22)20-12(2)16-8-13-6-4-5-7-15(13)25-16/h4-8,10,12H,3,9,11H2,1-2H3,(H,20,22)/t12-/m1/s1. The molecule has 3 rings (SSSR count). The molecule has 27 heavy (non-hydrogen) atoms. The molecule has 0 saturated heterocycles. The molecule has 0 saturated carbocycles. The molecule has 0 unspecified atom stereocenters. The Morgan fingerprint density at radius 2 is 2.19 bits per heavy atom. The average molecular weight is 405 g/mol. The van der Waals surface area contributed by atoms with Crippen LogP contribution in [0.3, 0.4) is 0 Å². The third-order valence-electron chi connectivity index (χ3n) is 3.74. The van der Waals surface area contributed by atoms with Gasteiger partial charge in [-0.05, 0) is 26.0 Å². The van der Waals surface area contributed by atoms with Crippen LogP contribution < -0.4 is 5.32 Å². The number of fused-ring (bicyclic) bond motifs is 1. The highest BCUT2D eigenvalue weighted by Crippen LogP contribution is 2.25. The van der Waals surface area contributed by atoms with Crippen LogP contribution in [0.2, 0.25) is 0 Å². The van der Waals surface area contributed by atoms with Crippen molar-refractivity contribution in [2.75, 3.05) is 12.4 Å². The van der Waals surface area contributed by atoms with E-state index in [1.807, 2.05) is 42.6 Å². The zero-order valence-corrected chi connectivity index (χ0v) is 16.7. The van der Waals surface area contributed by atoms with Gasteiger partial charge >= 0.3 is 5.97 Å². The maximum atomic E-state index is 12.2. The molecule has 0 radical (unpaired) electrons. The zero-order valence-electron chi connectivity index (χ0n) is 15.1. The van der Waals surface area contributed by atoms with E-state index in [9.17, 15) is 9.59 Å². The second-order valence-corrected chi connectivity index (χ2v) is 7.93. The summed E-state index contributed by atoms with van der Waals surface area (Å²) >= 11 is 2.76. The minimum atomic E-state index is -0.295. The van der Waals surface area contributed by atoms with Crippen molar-refractivity contribution in [1.29, 1.82) is 0 Å². The Hall–Kier alpha value is -2.32. The number of hydrogen-bond acceptors (Lipinski definition) is 7. The van der Waals surface area contributed by atoms with Gasteiger partial charge in [-0.25, -0.2) is 4.98 Å². The number of rotatable bonds is 8. The number of nitrogens with one attached hydrogen (secondary N) is 1. The van der Waals surface area contributed by atoms with Gasteiger partial charge in [0.15, 0.2) is 4.34 Å². The van der Waals surface area contributed by atoms with Gasteiger partial charge in [-0.3, -0.25) is 9.59 Å². The Labute approximate surface area is 165 Å². The molecule has 8 heteroatoms. The number of carbonyl (C=O) groups excluding carboxylic acids is 2. The van der Waals surface area contributed by atoms with Gasteiger partial charge in [-0.2, -0.15) is 0 Å². The molecular weight excluding hydrogens is 384 g/mol. The smallest absolute Gasteiger partial charge is 0.311 e. The van der Waals surface area contributed by atoms with E-state index in [-0.39, 0.29) is 30.1 Å². The quantitative estimate of drug-likeness (QED) is 0.452. The number of hydrogen-bond donors (Lipinski definition) is 1. The number of ether oxygens (including phenoxy) is 1. The first kappa shape index (κ1) is 19.4. The predicted octanol–water partition coefficient (Wildman–Crippen LogP) is 3.96. The van der Waals surface area contributed by atoms with Crippen molar-refractivity contribution in [2.24, 2.45) is 0 Å². The van der Waals surface area contributed by atoms with E-state index in [0.29, 0.717) is 12.3 Å². The van der Waals surface area contributed by atoms with E-state index in [0.717, 1.165) is 21.1 Å². The van der Waals surface area contributed by atoms with Crippen molar-refractivity contribution in [2.45, 2.75) is 30.6 Å². The lowest BCUT2D eigenvalue weighted by Crippen LogP contribution is -2.27. The van der Waals surface area contributed by atoms with Gasteiger partial charge in [-0.1, -0.05) is 30.0 Å². The first-order valence-electron chi connectivity index (χ1n) is 8.55. The van der Waals surface area contributed by atoms with E-state index in [4.69, 9.17) is 9.15 Å². The van der Waals surface area contributed by atoms with Crippen LogP contribution in [0, 0.1) is 0 Å². The van der Waals surface area contributed by atoms with Crippen LogP contribution in [0.5, 0.6) is 0 Å². The highest BCUT2D eigenvalue weighted by Gasteiger charge is 2.15. The van der Waals surface area contributed by atoms with Gasteiger partial charge in [0.25, 0.3) is 0 Å². The maximum absolute atomic E-state index is 12.2. The van der Waals surface area contributed by atoms with Gasteiger partial charge in [0.2, 0.25) is 5.91 Å². The van der Waals surface area contributed by atoms with Crippen molar-refractivity contribution >= 4 is 45.9 Å². The fourth-order valence-electron chi connectivity index (χ4n) is 2.49. The first-order valence-corrected chi connectivity index (χ1v) is 10.4. The molecule has 6 nitrogen and oxygen atoms in total. The topological polar surface area (TPSA) is 81.4 Å². The molecule has 0 aliphatic carbocycles. The molecule has 1 aromatic carbocycles. The fraction of sp³-hybridized carbons (Fsp3) is 0.316. The average Bonchev–Trinajstić information content (AvgIpc) is 3.26. The number of amides is 1.